The van der Waals surface area contributed by atoms with Gasteiger partial charge < -0.3 is 24.8 Å². The molecule has 9 heteroatoms. The molecule has 0 radical (unpaired) electrons. The summed E-state index contributed by atoms with van der Waals surface area (Å²) in [7, 11) is 0. The first-order valence-electron chi connectivity index (χ1n) is 9.72. The molecule has 2 amide bonds. The number of anilines is 1. The van der Waals surface area contributed by atoms with Gasteiger partial charge >= 0.3 is 5.97 Å². The van der Waals surface area contributed by atoms with Crippen LogP contribution in [0.2, 0.25) is 5.02 Å². The van der Waals surface area contributed by atoms with Crippen molar-refractivity contribution in [3.63, 3.8) is 0 Å². The summed E-state index contributed by atoms with van der Waals surface area (Å²) in [6.45, 7) is 3.61. The fraction of sp³-hybridized carbons (Fsp3) is 0.318. The van der Waals surface area contributed by atoms with Crippen molar-refractivity contribution in [1.29, 1.82) is 0 Å². The Morgan fingerprint density at radius 3 is 2.32 bits per heavy atom. The summed E-state index contributed by atoms with van der Waals surface area (Å²) in [5.74, 6) is -0.265. The topological polar surface area (TPSA) is 103 Å². The molecule has 0 aromatic heterocycles. The minimum atomic E-state index is -0.584. The van der Waals surface area contributed by atoms with E-state index in [-0.39, 0.29) is 19.6 Å². The van der Waals surface area contributed by atoms with Crippen LogP contribution in [0, 0.1) is 6.92 Å². The summed E-state index contributed by atoms with van der Waals surface area (Å²) in [6.07, 6.45) is -0.0188. The van der Waals surface area contributed by atoms with Crippen LogP contribution < -0.4 is 20.1 Å². The van der Waals surface area contributed by atoms with E-state index in [2.05, 4.69) is 10.6 Å². The first-order valence-corrected chi connectivity index (χ1v) is 10.1. The molecule has 0 unspecified atom stereocenters. The number of rotatable bonds is 11. The lowest BCUT2D eigenvalue weighted by molar-refractivity contribution is -0.149. The zero-order valence-electron chi connectivity index (χ0n) is 17.4. The second kappa shape index (κ2) is 12.4. The largest absolute Gasteiger partial charge is 0.494 e. The van der Waals surface area contributed by atoms with E-state index >= 15 is 0 Å². The number of amides is 2. The zero-order chi connectivity index (χ0) is 22.6. The second-order valence-corrected chi connectivity index (χ2v) is 6.81. The van der Waals surface area contributed by atoms with Gasteiger partial charge in [-0.25, -0.2) is 0 Å². The molecule has 31 heavy (non-hydrogen) atoms. The smallest absolute Gasteiger partial charge is 0.309 e. The number of hydrogen-bond acceptors (Lipinski definition) is 6. The van der Waals surface area contributed by atoms with Gasteiger partial charge in [-0.05, 0) is 55.8 Å². The van der Waals surface area contributed by atoms with Crippen LogP contribution in [0.3, 0.4) is 0 Å². The maximum Gasteiger partial charge on any atom is 0.309 e. The number of benzene rings is 2. The molecule has 0 fully saturated rings. The van der Waals surface area contributed by atoms with E-state index in [1.165, 1.54) is 0 Å². The number of carbonyl (C=O) groups excluding carboxylic acids is 3. The molecule has 0 aliphatic heterocycles. The van der Waals surface area contributed by atoms with Gasteiger partial charge in [0.05, 0.1) is 26.2 Å². The monoisotopic (exact) mass is 448 g/mol. The summed E-state index contributed by atoms with van der Waals surface area (Å²) in [6, 6.07) is 12.1. The molecule has 0 heterocycles. The lowest BCUT2D eigenvalue weighted by Crippen LogP contribution is -2.35. The van der Waals surface area contributed by atoms with Crippen LogP contribution in [0.4, 0.5) is 5.69 Å². The van der Waals surface area contributed by atoms with Crippen LogP contribution in [0.15, 0.2) is 42.5 Å². The molecule has 0 saturated heterocycles. The fourth-order valence-corrected chi connectivity index (χ4v) is 2.61. The van der Waals surface area contributed by atoms with E-state index in [4.69, 9.17) is 25.8 Å². The Hall–Kier alpha value is -3.26. The van der Waals surface area contributed by atoms with Crippen molar-refractivity contribution in [2.75, 3.05) is 31.7 Å². The van der Waals surface area contributed by atoms with E-state index < -0.39 is 24.4 Å². The van der Waals surface area contributed by atoms with Crippen LogP contribution in [-0.2, 0) is 19.1 Å². The highest BCUT2D eigenvalue weighted by Crippen LogP contribution is 2.22. The first-order chi connectivity index (χ1) is 14.9. The Morgan fingerprint density at radius 1 is 0.968 bits per heavy atom. The summed E-state index contributed by atoms with van der Waals surface area (Å²) in [5.41, 5.74) is 1.29. The van der Waals surface area contributed by atoms with Gasteiger partial charge in [0, 0.05) is 10.7 Å². The quantitative estimate of drug-likeness (QED) is 0.512. The Balaban J connectivity index is 1.61. The fourth-order valence-electron chi connectivity index (χ4n) is 2.44. The number of ether oxygens (including phenoxy) is 3. The van der Waals surface area contributed by atoms with E-state index in [9.17, 15) is 14.4 Å². The highest BCUT2D eigenvalue weighted by atomic mass is 35.5. The molecule has 0 spiro atoms. The van der Waals surface area contributed by atoms with E-state index in [0.29, 0.717) is 23.1 Å². The molecule has 0 aliphatic rings. The molecule has 0 bridgehead atoms. The van der Waals surface area contributed by atoms with Gasteiger partial charge in [-0.15, -0.1) is 0 Å². The predicted molar refractivity (Wildman–Crippen MR) is 117 cm³/mol. The van der Waals surface area contributed by atoms with Crippen molar-refractivity contribution in [3.8, 4) is 11.5 Å². The lowest BCUT2D eigenvalue weighted by Gasteiger charge is -2.10. The maximum absolute atomic E-state index is 12.0. The Morgan fingerprint density at radius 2 is 1.65 bits per heavy atom. The molecule has 2 aromatic carbocycles. The van der Waals surface area contributed by atoms with Crippen LogP contribution >= 0.6 is 11.6 Å². The average Bonchev–Trinajstić information content (AvgIpc) is 2.75. The molecule has 166 valence electrons. The van der Waals surface area contributed by atoms with Gasteiger partial charge in [0.25, 0.3) is 5.91 Å². The lowest BCUT2D eigenvalue weighted by atomic mass is 10.2. The Bertz CT molecular complexity index is 901. The van der Waals surface area contributed by atoms with Crippen molar-refractivity contribution in [2.24, 2.45) is 0 Å². The van der Waals surface area contributed by atoms with Gasteiger partial charge in [0.2, 0.25) is 5.91 Å². The van der Waals surface area contributed by atoms with Crippen molar-refractivity contribution in [3.05, 3.63) is 53.1 Å². The molecular weight excluding hydrogens is 424 g/mol. The number of hydrogen-bond donors (Lipinski definition) is 2. The third kappa shape index (κ3) is 8.55. The van der Waals surface area contributed by atoms with Gasteiger partial charge in [-0.1, -0.05) is 17.7 Å². The van der Waals surface area contributed by atoms with E-state index in [0.717, 1.165) is 11.3 Å². The van der Waals surface area contributed by atoms with Gasteiger partial charge in [-0.2, -0.15) is 0 Å². The SMILES string of the molecule is CCOc1ccc(OCCC(=O)OCC(=O)NCC(=O)Nc2cccc(Cl)c2C)cc1. The van der Waals surface area contributed by atoms with Crippen LogP contribution in [0.1, 0.15) is 18.9 Å². The van der Waals surface area contributed by atoms with Gasteiger partial charge in [0.15, 0.2) is 6.61 Å². The minimum absolute atomic E-state index is 0.0188. The summed E-state index contributed by atoms with van der Waals surface area (Å²) in [4.78, 5) is 35.5. The standard InChI is InChI=1S/C22H25ClN2O6/c1-3-29-16-7-9-17(10-8-16)30-12-11-22(28)31-14-21(27)24-13-20(26)25-19-6-4-5-18(23)15(19)2/h4-10H,3,11-14H2,1-2H3,(H,24,27)(H,25,26). The minimum Gasteiger partial charge on any atom is -0.494 e. The highest BCUT2D eigenvalue weighted by Gasteiger charge is 2.11. The summed E-state index contributed by atoms with van der Waals surface area (Å²) < 4.78 is 15.7. The van der Waals surface area contributed by atoms with Crippen LogP contribution in [0.25, 0.3) is 0 Å². The number of halogens is 1. The molecule has 0 atom stereocenters. The molecule has 8 nitrogen and oxygen atoms in total. The van der Waals surface area contributed by atoms with Crippen molar-refractivity contribution < 1.29 is 28.6 Å². The van der Waals surface area contributed by atoms with Crippen LogP contribution in [0.5, 0.6) is 11.5 Å². The van der Waals surface area contributed by atoms with E-state index in [1.54, 1.807) is 49.4 Å². The summed E-state index contributed by atoms with van der Waals surface area (Å²) in [5, 5.41) is 5.57. The maximum atomic E-state index is 12.0. The second-order valence-electron chi connectivity index (χ2n) is 6.40. The van der Waals surface area contributed by atoms with Gasteiger partial charge in [0.1, 0.15) is 11.5 Å². The molecule has 0 aliphatic carbocycles. The third-order valence-electron chi connectivity index (χ3n) is 4.06. The normalized spacial score (nSPS) is 10.2. The van der Waals surface area contributed by atoms with Crippen molar-refractivity contribution in [2.45, 2.75) is 20.3 Å². The average molecular weight is 449 g/mol. The molecule has 2 N–H and O–H groups in total. The highest BCUT2D eigenvalue weighted by molar-refractivity contribution is 6.31. The third-order valence-corrected chi connectivity index (χ3v) is 4.47. The van der Waals surface area contributed by atoms with Crippen LogP contribution in [-0.4, -0.2) is 44.1 Å². The first kappa shape index (κ1) is 24.0. The van der Waals surface area contributed by atoms with Crippen molar-refractivity contribution >= 4 is 35.1 Å². The predicted octanol–water partition coefficient (Wildman–Crippen LogP) is 3.11. The number of carbonyl (C=O) groups is 3. The summed E-state index contributed by atoms with van der Waals surface area (Å²) >= 11 is 6.00. The van der Waals surface area contributed by atoms with E-state index in [1.807, 2.05) is 6.92 Å². The molecule has 0 saturated carbocycles. The van der Waals surface area contributed by atoms with Crippen molar-refractivity contribution in [1.82, 2.24) is 5.32 Å². The number of esters is 1. The molecular formula is C22H25ClN2O6. The zero-order valence-corrected chi connectivity index (χ0v) is 18.2. The Kier molecular flexibility index (Phi) is 9.64. The van der Waals surface area contributed by atoms with Gasteiger partial charge in [-0.3, -0.25) is 14.4 Å². The molecule has 2 rings (SSSR count). The number of nitrogens with one attached hydrogen (secondary N) is 2. The molecule has 2 aromatic rings. The Labute approximate surface area is 185 Å².